The van der Waals surface area contributed by atoms with Gasteiger partial charge >= 0.3 is 0 Å². The maximum atomic E-state index is 11.9. The second-order valence-corrected chi connectivity index (χ2v) is 6.42. The number of hydrogen-bond donors (Lipinski definition) is 3. The van der Waals surface area contributed by atoms with Crippen molar-refractivity contribution in [2.24, 2.45) is 0 Å². The molecule has 0 aromatic heterocycles. The van der Waals surface area contributed by atoms with Crippen LogP contribution in [0.15, 0.2) is 11.8 Å². The molecule has 0 radical (unpaired) electrons. The molecule has 1 fully saturated rings. The summed E-state index contributed by atoms with van der Waals surface area (Å²) in [5.41, 5.74) is 1.03. The summed E-state index contributed by atoms with van der Waals surface area (Å²) in [6, 6.07) is 0.495. The van der Waals surface area contributed by atoms with Crippen molar-refractivity contribution >= 4 is 17.7 Å². The average Bonchev–Trinajstić information content (AvgIpc) is 2.39. The first kappa shape index (κ1) is 14.7. The topological polar surface area (TPSA) is 53.2 Å². The van der Waals surface area contributed by atoms with Crippen molar-refractivity contribution in [2.75, 3.05) is 6.26 Å². The molecule has 1 saturated carbocycles. The highest BCUT2D eigenvalue weighted by Gasteiger charge is 2.36. The fraction of sp³-hybridized carbons (Fsp3) is 0.786. The lowest BCUT2D eigenvalue weighted by molar-refractivity contribution is -0.118. The summed E-state index contributed by atoms with van der Waals surface area (Å²) in [5, 5.41) is 9.61. The van der Waals surface area contributed by atoms with Gasteiger partial charge < -0.3 is 10.6 Å². The number of carbonyl (C=O) groups excluding carboxylic acids is 1. The SMILES string of the molecule is CCCC1=CC(=O)N[C@@](NC2CCCCC2)(SC)N1. The van der Waals surface area contributed by atoms with Crippen LogP contribution in [0.2, 0.25) is 0 Å². The minimum Gasteiger partial charge on any atom is -0.345 e. The molecule has 1 heterocycles. The molecular weight excluding hydrogens is 258 g/mol. The van der Waals surface area contributed by atoms with Crippen molar-refractivity contribution < 1.29 is 4.79 Å². The molecule has 19 heavy (non-hydrogen) atoms. The normalized spacial score (nSPS) is 28.5. The van der Waals surface area contributed by atoms with Gasteiger partial charge in [-0.3, -0.25) is 10.1 Å². The van der Waals surface area contributed by atoms with Crippen LogP contribution >= 0.6 is 11.8 Å². The lowest BCUT2D eigenvalue weighted by Gasteiger charge is -2.42. The van der Waals surface area contributed by atoms with Gasteiger partial charge in [-0.1, -0.05) is 44.4 Å². The van der Waals surface area contributed by atoms with E-state index in [9.17, 15) is 4.79 Å². The predicted octanol–water partition coefficient (Wildman–Crippen LogP) is 2.29. The van der Waals surface area contributed by atoms with Crippen LogP contribution in [0.5, 0.6) is 0 Å². The fourth-order valence-electron chi connectivity index (χ4n) is 2.83. The Morgan fingerprint density at radius 3 is 2.74 bits per heavy atom. The Morgan fingerprint density at radius 1 is 1.37 bits per heavy atom. The summed E-state index contributed by atoms with van der Waals surface area (Å²) in [7, 11) is 0. The molecule has 108 valence electrons. The highest BCUT2D eigenvalue weighted by molar-refractivity contribution is 7.99. The van der Waals surface area contributed by atoms with E-state index in [1.54, 1.807) is 17.8 Å². The zero-order valence-corrected chi connectivity index (χ0v) is 12.7. The van der Waals surface area contributed by atoms with Gasteiger partial charge in [-0.2, -0.15) is 0 Å². The van der Waals surface area contributed by atoms with Crippen LogP contribution in [0, 0.1) is 0 Å². The number of rotatable bonds is 5. The van der Waals surface area contributed by atoms with E-state index < -0.39 is 5.12 Å². The van der Waals surface area contributed by atoms with Crippen molar-refractivity contribution in [1.82, 2.24) is 16.0 Å². The minimum atomic E-state index is -0.529. The summed E-state index contributed by atoms with van der Waals surface area (Å²) in [6.45, 7) is 2.13. The average molecular weight is 283 g/mol. The molecule has 0 aromatic rings. The standard InChI is InChI=1S/C14H25N3OS/c1-3-7-12-10-13(18)17-14(16-12,19-2)15-11-8-5-4-6-9-11/h10-11,15-16H,3-9H2,1-2H3,(H,17,18)/t14-/m0/s1. The first-order chi connectivity index (χ1) is 9.17. The summed E-state index contributed by atoms with van der Waals surface area (Å²) in [5.74, 6) is -0.000130. The number of nitrogens with one attached hydrogen (secondary N) is 3. The van der Waals surface area contributed by atoms with Crippen LogP contribution in [-0.4, -0.2) is 23.3 Å². The van der Waals surface area contributed by atoms with Crippen molar-refractivity contribution in [3.63, 3.8) is 0 Å². The molecule has 0 aromatic carbocycles. The van der Waals surface area contributed by atoms with E-state index in [0.717, 1.165) is 18.5 Å². The number of hydrogen-bond acceptors (Lipinski definition) is 4. The molecule has 0 spiro atoms. The van der Waals surface area contributed by atoms with Crippen molar-refractivity contribution in [1.29, 1.82) is 0 Å². The van der Waals surface area contributed by atoms with E-state index in [0.29, 0.717) is 6.04 Å². The van der Waals surface area contributed by atoms with Gasteiger partial charge in [-0.15, -0.1) is 0 Å². The largest absolute Gasteiger partial charge is 0.345 e. The van der Waals surface area contributed by atoms with Crippen LogP contribution < -0.4 is 16.0 Å². The van der Waals surface area contributed by atoms with Crippen molar-refractivity contribution in [3.8, 4) is 0 Å². The zero-order valence-electron chi connectivity index (χ0n) is 11.9. The third-order valence-corrected chi connectivity index (χ3v) is 4.71. The second-order valence-electron chi connectivity index (χ2n) is 5.40. The molecular formula is C14H25N3OS. The summed E-state index contributed by atoms with van der Waals surface area (Å²) >= 11 is 1.63. The number of carbonyl (C=O) groups is 1. The van der Waals surface area contributed by atoms with Crippen LogP contribution in [-0.2, 0) is 4.79 Å². The monoisotopic (exact) mass is 283 g/mol. The lowest BCUT2D eigenvalue weighted by atomic mass is 9.95. The van der Waals surface area contributed by atoms with Crippen LogP contribution in [0.1, 0.15) is 51.9 Å². The Bertz CT molecular complexity index is 353. The molecule has 1 aliphatic heterocycles. The van der Waals surface area contributed by atoms with Crippen LogP contribution in [0.3, 0.4) is 0 Å². The van der Waals surface area contributed by atoms with Crippen molar-refractivity contribution in [3.05, 3.63) is 11.8 Å². The quantitative estimate of drug-likeness (QED) is 0.678. The summed E-state index contributed by atoms with van der Waals surface area (Å²) in [4.78, 5) is 11.9. The van der Waals surface area contributed by atoms with Gasteiger partial charge in [-0.05, 0) is 25.5 Å². The van der Waals surface area contributed by atoms with E-state index in [1.807, 2.05) is 6.26 Å². The maximum absolute atomic E-state index is 11.9. The van der Waals surface area contributed by atoms with E-state index >= 15 is 0 Å². The molecule has 0 saturated heterocycles. The van der Waals surface area contributed by atoms with Gasteiger partial charge in [0.1, 0.15) is 0 Å². The molecule has 4 nitrogen and oxygen atoms in total. The molecule has 1 atom stereocenters. The zero-order chi connectivity index (χ0) is 13.7. The highest BCUT2D eigenvalue weighted by Crippen LogP contribution is 2.25. The maximum Gasteiger partial charge on any atom is 0.249 e. The predicted molar refractivity (Wildman–Crippen MR) is 80.5 cm³/mol. The van der Waals surface area contributed by atoms with E-state index in [-0.39, 0.29) is 5.91 Å². The van der Waals surface area contributed by atoms with Gasteiger partial charge in [0.2, 0.25) is 11.0 Å². The van der Waals surface area contributed by atoms with E-state index in [4.69, 9.17) is 0 Å². The van der Waals surface area contributed by atoms with Gasteiger partial charge in [-0.25, -0.2) is 0 Å². The Hall–Kier alpha value is -0.680. The first-order valence-electron chi connectivity index (χ1n) is 7.31. The number of amides is 1. The minimum absolute atomic E-state index is 0.000130. The van der Waals surface area contributed by atoms with E-state index in [2.05, 4.69) is 22.9 Å². The summed E-state index contributed by atoms with van der Waals surface area (Å²) < 4.78 is 0. The lowest BCUT2D eigenvalue weighted by Crippen LogP contribution is -2.69. The molecule has 1 aliphatic carbocycles. The highest BCUT2D eigenvalue weighted by atomic mass is 32.2. The van der Waals surface area contributed by atoms with Crippen LogP contribution in [0.25, 0.3) is 0 Å². The Morgan fingerprint density at radius 2 is 2.11 bits per heavy atom. The summed E-state index contributed by atoms with van der Waals surface area (Å²) in [6.07, 6.45) is 12.0. The Labute approximate surface area is 120 Å². The molecule has 2 rings (SSSR count). The Balaban J connectivity index is 2.04. The smallest absolute Gasteiger partial charge is 0.249 e. The number of allylic oxidation sites excluding steroid dienone is 1. The molecule has 5 heteroatoms. The number of thioether (sulfide) groups is 1. The van der Waals surface area contributed by atoms with Gasteiger partial charge in [0.05, 0.1) is 0 Å². The fourth-order valence-corrected chi connectivity index (χ4v) is 3.55. The van der Waals surface area contributed by atoms with Gasteiger partial charge in [0.15, 0.2) is 0 Å². The molecule has 0 unspecified atom stereocenters. The third kappa shape index (κ3) is 3.89. The van der Waals surface area contributed by atoms with Gasteiger partial charge in [0.25, 0.3) is 0 Å². The van der Waals surface area contributed by atoms with E-state index in [1.165, 1.54) is 32.1 Å². The third-order valence-electron chi connectivity index (χ3n) is 3.78. The Kier molecular flexibility index (Phi) is 5.16. The van der Waals surface area contributed by atoms with Gasteiger partial charge in [0, 0.05) is 17.8 Å². The second kappa shape index (κ2) is 6.66. The molecule has 1 amide bonds. The first-order valence-corrected chi connectivity index (χ1v) is 8.53. The molecule has 0 bridgehead atoms. The van der Waals surface area contributed by atoms with Crippen LogP contribution in [0.4, 0.5) is 0 Å². The van der Waals surface area contributed by atoms with Crippen molar-refractivity contribution in [2.45, 2.75) is 63.0 Å². The molecule has 3 N–H and O–H groups in total. The molecule has 2 aliphatic rings.